The van der Waals surface area contributed by atoms with Crippen LogP contribution in [0, 0.1) is 11.6 Å². The number of hydrogen-bond acceptors (Lipinski definition) is 5. The van der Waals surface area contributed by atoms with Crippen molar-refractivity contribution in [2.45, 2.75) is 18.9 Å². The molecule has 1 aliphatic rings. The third-order valence-corrected chi connectivity index (χ3v) is 3.81. The second-order valence-electron chi connectivity index (χ2n) is 5.40. The Hall–Kier alpha value is -2.35. The first kappa shape index (κ1) is 15.5. The number of halogens is 2. The van der Waals surface area contributed by atoms with Crippen LogP contribution in [0.2, 0.25) is 0 Å². The minimum atomic E-state index is -0.994. The quantitative estimate of drug-likeness (QED) is 0.887. The fourth-order valence-corrected chi connectivity index (χ4v) is 2.67. The number of rotatable bonds is 4. The number of aliphatic hydroxyl groups is 1. The smallest absolute Gasteiger partial charge is 0.245 e. The Morgan fingerprint density at radius 3 is 2.78 bits per heavy atom. The number of fused-ring (bicyclic) bond motifs is 1. The van der Waals surface area contributed by atoms with Crippen molar-refractivity contribution in [3.8, 4) is 0 Å². The zero-order chi connectivity index (χ0) is 16.4. The fraction of sp³-hybridized carbons (Fsp3) is 0.400. The van der Waals surface area contributed by atoms with Gasteiger partial charge in [-0.05, 0) is 12.8 Å². The van der Waals surface area contributed by atoms with Gasteiger partial charge in [0.15, 0.2) is 11.6 Å². The Labute approximate surface area is 131 Å². The molecule has 1 aromatic heterocycles. The van der Waals surface area contributed by atoms with E-state index in [1.54, 1.807) is 4.90 Å². The van der Waals surface area contributed by atoms with E-state index in [1.165, 1.54) is 6.20 Å². The molecule has 1 aliphatic heterocycles. The van der Waals surface area contributed by atoms with Gasteiger partial charge in [-0.25, -0.2) is 13.8 Å². The lowest BCUT2D eigenvalue weighted by Gasteiger charge is -2.32. The molecule has 0 aliphatic carbocycles. The van der Waals surface area contributed by atoms with E-state index in [9.17, 15) is 13.6 Å². The van der Waals surface area contributed by atoms with Gasteiger partial charge in [0.25, 0.3) is 0 Å². The number of anilines is 1. The molecule has 0 spiro atoms. The van der Waals surface area contributed by atoms with E-state index in [1.807, 2.05) is 0 Å². The Bertz CT molecular complexity index is 739. The average Bonchev–Trinajstić information content (AvgIpc) is 2.53. The predicted molar refractivity (Wildman–Crippen MR) is 79.8 cm³/mol. The molecule has 6 nitrogen and oxygen atoms in total. The van der Waals surface area contributed by atoms with Gasteiger partial charge in [0.05, 0.1) is 23.8 Å². The van der Waals surface area contributed by atoms with Gasteiger partial charge in [0.2, 0.25) is 5.91 Å². The molecule has 1 aromatic carbocycles. The number of aliphatic hydroxyl groups excluding tert-OH is 1. The van der Waals surface area contributed by atoms with Crippen LogP contribution in [-0.4, -0.2) is 51.6 Å². The molecule has 3 rings (SSSR count). The summed E-state index contributed by atoms with van der Waals surface area (Å²) in [6, 6.07) is 1.49. The monoisotopic (exact) mass is 322 g/mol. The van der Waals surface area contributed by atoms with Gasteiger partial charge in [0.1, 0.15) is 11.9 Å². The maximum atomic E-state index is 13.3. The minimum absolute atomic E-state index is 0.0842. The van der Waals surface area contributed by atoms with Gasteiger partial charge in [-0.2, -0.15) is 0 Å². The van der Waals surface area contributed by atoms with E-state index < -0.39 is 17.7 Å². The van der Waals surface area contributed by atoms with Crippen LogP contribution < -0.4 is 5.32 Å². The number of benzene rings is 1. The number of nitrogens with zero attached hydrogens (tertiary/aromatic N) is 3. The Morgan fingerprint density at radius 1 is 1.30 bits per heavy atom. The molecule has 1 amide bonds. The lowest BCUT2D eigenvalue weighted by molar-refractivity contribution is -0.134. The lowest BCUT2D eigenvalue weighted by atomic mass is 10.0. The Morgan fingerprint density at radius 2 is 2.04 bits per heavy atom. The number of aromatic nitrogens is 2. The average molecular weight is 322 g/mol. The van der Waals surface area contributed by atoms with Crippen LogP contribution in [0.15, 0.2) is 18.3 Å². The van der Waals surface area contributed by atoms with Crippen LogP contribution in [0.4, 0.5) is 14.6 Å². The number of carbonyl (C=O) groups excluding carboxylic acids is 1. The summed E-state index contributed by atoms with van der Waals surface area (Å²) in [7, 11) is 0. The van der Waals surface area contributed by atoms with Crippen LogP contribution in [0.5, 0.6) is 0 Å². The van der Waals surface area contributed by atoms with Crippen molar-refractivity contribution in [2.24, 2.45) is 0 Å². The normalized spacial score (nSPS) is 18.5. The number of likely N-dealkylation sites (tertiary alicyclic amines) is 1. The number of β-amino-alcohol motifs (C(OH)–C–C–N with tert-alkyl or cyclic N) is 1. The number of piperidine rings is 1. The Balaban J connectivity index is 1.80. The SMILES string of the molecule is O=C1C(Nc2cnc3cc(F)c(F)cc3n2)CCCN1CCO. The molecule has 1 unspecified atom stereocenters. The van der Waals surface area contributed by atoms with E-state index >= 15 is 0 Å². The number of amides is 1. The molecule has 1 saturated heterocycles. The summed E-state index contributed by atoms with van der Waals surface area (Å²) in [5, 5.41) is 12.0. The maximum absolute atomic E-state index is 13.3. The summed E-state index contributed by atoms with van der Waals surface area (Å²) in [6.07, 6.45) is 2.83. The molecule has 1 atom stereocenters. The molecule has 2 N–H and O–H groups in total. The first-order valence-electron chi connectivity index (χ1n) is 7.36. The van der Waals surface area contributed by atoms with E-state index in [4.69, 9.17) is 5.11 Å². The van der Waals surface area contributed by atoms with Crippen LogP contribution in [0.3, 0.4) is 0 Å². The van der Waals surface area contributed by atoms with Gasteiger partial charge >= 0.3 is 0 Å². The Kier molecular flexibility index (Phi) is 4.33. The summed E-state index contributed by atoms with van der Waals surface area (Å²) in [4.78, 5) is 22.1. The highest BCUT2D eigenvalue weighted by Gasteiger charge is 2.28. The summed E-state index contributed by atoms with van der Waals surface area (Å²) in [5.74, 6) is -1.76. The maximum Gasteiger partial charge on any atom is 0.245 e. The van der Waals surface area contributed by atoms with E-state index in [0.29, 0.717) is 25.3 Å². The highest BCUT2D eigenvalue weighted by atomic mass is 19.2. The minimum Gasteiger partial charge on any atom is -0.395 e. The molecular formula is C15H16F2N4O2. The largest absolute Gasteiger partial charge is 0.395 e. The second-order valence-corrected chi connectivity index (χ2v) is 5.40. The molecule has 2 aromatic rings. The fourth-order valence-electron chi connectivity index (χ4n) is 2.67. The topological polar surface area (TPSA) is 78.4 Å². The summed E-state index contributed by atoms with van der Waals surface area (Å²) < 4.78 is 26.4. The number of carbonyl (C=O) groups is 1. The molecule has 122 valence electrons. The van der Waals surface area contributed by atoms with Crippen molar-refractivity contribution in [3.63, 3.8) is 0 Å². The number of nitrogens with one attached hydrogen (secondary N) is 1. The molecule has 0 radical (unpaired) electrons. The molecular weight excluding hydrogens is 306 g/mol. The van der Waals surface area contributed by atoms with Gasteiger partial charge in [-0.15, -0.1) is 0 Å². The molecule has 8 heteroatoms. The van der Waals surface area contributed by atoms with Gasteiger partial charge in [0, 0.05) is 25.2 Å². The highest BCUT2D eigenvalue weighted by molar-refractivity contribution is 5.85. The lowest BCUT2D eigenvalue weighted by Crippen LogP contribution is -2.48. The zero-order valence-corrected chi connectivity index (χ0v) is 12.3. The van der Waals surface area contributed by atoms with Crippen LogP contribution in [-0.2, 0) is 4.79 Å². The molecule has 2 heterocycles. The first-order chi connectivity index (χ1) is 11.1. The predicted octanol–water partition coefficient (Wildman–Crippen LogP) is 1.30. The van der Waals surface area contributed by atoms with Crippen molar-refractivity contribution in [2.75, 3.05) is 25.0 Å². The highest BCUT2D eigenvalue weighted by Crippen LogP contribution is 2.19. The van der Waals surface area contributed by atoms with Crippen molar-refractivity contribution in [3.05, 3.63) is 30.0 Å². The van der Waals surface area contributed by atoms with Gasteiger partial charge < -0.3 is 15.3 Å². The van der Waals surface area contributed by atoms with Gasteiger partial charge in [-0.1, -0.05) is 0 Å². The first-order valence-corrected chi connectivity index (χ1v) is 7.36. The van der Waals surface area contributed by atoms with Crippen molar-refractivity contribution < 1.29 is 18.7 Å². The number of hydrogen-bond donors (Lipinski definition) is 2. The molecule has 0 bridgehead atoms. The zero-order valence-electron chi connectivity index (χ0n) is 12.3. The van der Waals surface area contributed by atoms with E-state index in [0.717, 1.165) is 18.6 Å². The van der Waals surface area contributed by atoms with Gasteiger partial charge in [-0.3, -0.25) is 9.78 Å². The summed E-state index contributed by atoms with van der Waals surface area (Å²) in [5.41, 5.74) is 0.454. The third-order valence-electron chi connectivity index (χ3n) is 3.81. The molecule has 1 fully saturated rings. The standard InChI is InChI=1S/C15H16F2N4O2/c16-9-6-12-13(7-10(9)17)20-14(8-18-12)19-11-2-1-3-21(4-5-22)15(11)23/h6-8,11,22H,1-5H2,(H,19,20). The van der Waals surface area contributed by atoms with E-state index in [-0.39, 0.29) is 23.5 Å². The molecule has 23 heavy (non-hydrogen) atoms. The second kappa shape index (κ2) is 6.41. The third kappa shape index (κ3) is 3.21. The summed E-state index contributed by atoms with van der Waals surface area (Å²) >= 11 is 0. The van der Waals surface area contributed by atoms with Crippen molar-refractivity contribution >= 4 is 22.8 Å². The molecule has 0 saturated carbocycles. The van der Waals surface area contributed by atoms with Crippen LogP contribution in [0.1, 0.15) is 12.8 Å². The van der Waals surface area contributed by atoms with E-state index in [2.05, 4.69) is 15.3 Å². The summed E-state index contributed by atoms with van der Waals surface area (Å²) in [6.45, 7) is 0.829. The van der Waals surface area contributed by atoms with Crippen LogP contribution in [0.25, 0.3) is 11.0 Å². The van der Waals surface area contributed by atoms with Crippen molar-refractivity contribution in [1.29, 1.82) is 0 Å². The van der Waals surface area contributed by atoms with Crippen LogP contribution >= 0.6 is 0 Å². The van der Waals surface area contributed by atoms with Crippen molar-refractivity contribution in [1.82, 2.24) is 14.9 Å².